The quantitative estimate of drug-likeness (QED) is 0.0363. The SMILES string of the molecule is C=CCc1c(-c2ccc(C(=[NH2+])OC)cc2)[nH]c2cc(C(=[NH2+])OC)ccc12.C=CCc1c(-c2ccc(C(N)=[NH2+])cc2)[nH]c2cc(C(N)=[NH2+])ccc12.CO.N.[Cl-].[Cl-].[Cl-].[Cl-]. The second-order valence-corrected chi connectivity index (χ2v) is 11.7. The lowest BCUT2D eigenvalue weighted by atomic mass is 10.0. The van der Waals surface area contributed by atoms with Gasteiger partial charge in [0.05, 0.1) is 47.9 Å². The number of H-pyrrole nitrogens is 2. The Morgan fingerprint density at radius 2 is 0.912 bits per heavy atom. The number of rotatable bonds is 10. The van der Waals surface area contributed by atoms with Gasteiger partial charge in [-0.15, -0.1) is 13.2 Å². The van der Waals surface area contributed by atoms with Crippen LogP contribution in [-0.4, -0.2) is 59.9 Å². The van der Waals surface area contributed by atoms with Crippen LogP contribution in [0.2, 0.25) is 0 Å². The number of methoxy groups -OCH3 is 2. The summed E-state index contributed by atoms with van der Waals surface area (Å²) in [6, 6.07) is 27.7. The van der Waals surface area contributed by atoms with Crippen molar-refractivity contribution < 1.29 is 85.8 Å². The van der Waals surface area contributed by atoms with Gasteiger partial charge in [0.1, 0.15) is 0 Å². The van der Waals surface area contributed by atoms with Gasteiger partial charge in [-0.1, -0.05) is 48.6 Å². The van der Waals surface area contributed by atoms with Gasteiger partial charge in [-0.25, -0.2) is 10.8 Å². The molecule has 4 aromatic carbocycles. The van der Waals surface area contributed by atoms with Crippen molar-refractivity contribution in [2.45, 2.75) is 12.8 Å². The molecule has 6 aromatic rings. The summed E-state index contributed by atoms with van der Waals surface area (Å²) in [5.41, 5.74) is 23.2. The van der Waals surface area contributed by atoms with Gasteiger partial charge in [0.25, 0.3) is 11.7 Å². The van der Waals surface area contributed by atoms with Crippen LogP contribution in [0.25, 0.3) is 44.3 Å². The van der Waals surface area contributed by atoms with E-state index in [-0.39, 0.29) is 55.8 Å². The molecule has 306 valence electrons. The molecule has 18 N–H and O–H groups in total. The summed E-state index contributed by atoms with van der Waals surface area (Å²) in [5, 5.41) is 32.3. The van der Waals surface area contributed by atoms with Crippen LogP contribution < -0.4 is 88.9 Å². The summed E-state index contributed by atoms with van der Waals surface area (Å²) < 4.78 is 10.2. The van der Waals surface area contributed by atoms with Crippen molar-refractivity contribution in [3.05, 3.63) is 144 Å². The number of allylic oxidation sites excluding steroid dienone is 2. The van der Waals surface area contributed by atoms with E-state index in [0.29, 0.717) is 23.5 Å². The molecule has 0 spiro atoms. The predicted molar refractivity (Wildman–Crippen MR) is 215 cm³/mol. The van der Waals surface area contributed by atoms with E-state index in [9.17, 15) is 0 Å². The number of nitrogens with two attached hydrogens (primary N) is 6. The molecule has 0 aliphatic carbocycles. The second kappa shape index (κ2) is 24.8. The van der Waals surface area contributed by atoms with Crippen LogP contribution in [-0.2, 0) is 22.3 Å². The van der Waals surface area contributed by atoms with Crippen molar-refractivity contribution in [3.8, 4) is 22.5 Å². The third kappa shape index (κ3) is 12.2. The second-order valence-electron chi connectivity index (χ2n) is 11.7. The fourth-order valence-corrected chi connectivity index (χ4v) is 5.92. The Balaban J connectivity index is 0. The van der Waals surface area contributed by atoms with Crippen molar-refractivity contribution >= 4 is 45.3 Å². The van der Waals surface area contributed by atoms with E-state index in [2.05, 4.69) is 29.2 Å². The largest absolute Gasteiger partial charge is 1.00 e. The Labute approximate surface area is 357 Å². The van der Waals surface area contributed by atoms with Gasteiger partial charge < -0.3 is 80.3 Å². The standard InChI is InChI=1S/C21H21N3O2.C19H19N5.CH4O.4ClH.H3N/c1-4-5-17-16-11-10-15(21(23)26-3)12-18(16)24-19(17)13-6-8-14(9-7-13)20(22)25-2;1-2-3-15-14-9-8-13(19(22)23)10-16(14)24-17(15)11-4-6-12(7-5-11)18(20)21;1-2;;;;;/h4,6-12,22-24H,1,5H2,2-3H3;2,4-10,24H,1,3H2,(H3,20,21)(H3,22,23);2H,1H3;4*1H;1H3. The molecule has 0 saturated heterocycles. The Kier molecular flexibility index (Phi) is 23.3. The fourth-order valence-electron chi connectivity index (χ4n) is 5.92. The summed E-state index contributed by atoms with van der Waals surface area (Å²) in [6.07, 6.45) is 5.31. The van der Waals surface area contributed by atoms with Crippen molar-refractivity contribution in [3.63, 3.8) is 0 Å². The number of aliphatic hydroxyl groups excluding tert-OH is 1. The maximum absolute atomic E-state index is 7.00. The van der Waals surface area contributed by atoms with Gasteiger partial charge in [0, 0.05) is 28.9 Å². The Morgan fingerprint density at radius 3 is 1.28 bits per heavy atom. The normalized spacial score (nSPS) is 9.40. The van der Waals surface area contributed by atoms with Crippen molar-refractivity contribution in [2.24, 2.45) is 11.5 Å². The topological polar surface area (TPSA) is 260 Å². The number of ether oxygens (including phenoxy) is 2. The van der Waals surface area contributed by atoms with E-state index >= 15 is 0 Å². The average Bonchev–Trinajstić information content (AvgIpc) is 3.73. The minimum atomic E-state index is 0. The Bertz CT molecular complexity index is 2290. The van der Waals surface area contributed by atoms with Crippen molar-refractivity contribution in [2.75, 3.05) is 21.3 Å². The summed E-state index contributed by atoms with van der Waals surface area (Å²) in [6.45, 7) is 7.76. The van der Waals surface area contributed by atoms with E-state index in [1.54, 1.807) is 14.2 Å². The molecule has 0 bridgehead atoms. The average molecular weight is 860 g/mol. The number of nitrogens with one attached hydrogen (secondary N) is 2. The maximum Gasteiger partial charge on any atom is 0.366 e. The first-order chi connectivity index (χ1) is 25.1. The minimum absolute atomic E-state index is 0. The fraction of sp³-hybridized carbons (Fsp3) is 0.122. The number of benzene rings is 4. The van der Waals surface area contributed by atoms with Crippen LogP contribution >= 0.6 is 0 Å². The molecule has 0 radical (unpaired) electrons. The first-order valence-corrected chi connectivity index (χ1v) is 16.4. The molecule has 0 unspecified atom stereocenters. The molecule has 6 rings (SSSR count). The number of aliphatic hydroxyl groups is 1. The van der Waals surface area contributed by atoms with E-state index in [1.807, 2.05) is 91.0 Å². The third-order valence-corrected chi connectivity index (χ3v) is 8.53. The number of halogens is 4. The number of amidine groups is 2. The highest BCUT2D eigenvalue weighted by Crippen LogP contribution is 2.33. The molecule has 16 heteroatoms. The lowest BCUT2D eigenvalue weighted by molar-refractivity contribution is -0.136. The molecule has 0 saturated carbocycles. The third-order valence-electron chi connectivity index (χ3n) is 8.53. The molecule has 0 aliphatic heterocycles. The van der Waals surface area contributed by atoms with Gasteiger partial charge in [0.2, 0.25) is 0 Å². The smallest absolute Gasteiger partial charge is 0.366 e. The summed E-state index contributed by atoms with van der Waals surface area (Å²) in [4.78, 5) is 6.97. The van der Waals surface area contributed by atoms with Gasteiger partial charge in [-0.05, 0) is 83.6 Å². The highest BCUT2D eigenvalue weighted by atomic mass is 35.5. The van der Waals surface area contributed by atoms with Crippen LogP contribution in [0.15, 0.2) is 110 Å². The molecule has 12 nitrogen and oxygen atoms in total. The predicted octanol–water partition coefficient (Wildman–Crippen LogP) is -11.9. The molecule has 57 heavy (non-hydrogen) atoms. The monoisotopic (exact) mass is 857 g/mol. The van der Waals surface area contributed by atoms with E-state index in [1.165, 1.54) is 11.1 Å². The molecule has 0 atom stereocenters. The minimum Gasteiger partial charge on any atom is -1.00 e. The maximum atomic E-state index is 7.00. The van der Waals surface area contributed by atoms with Crippen LogP contribution in [0, 0.1) is 0 Å². The van der Waals surface area contributed by atoms with Crippen LogP contribution in [0.4, 0.5) is 0 Å². The summed E-state index contributed by atoms with van der Waals surface area (Å²) in [5.74, 6) is 1.40. The molecular weight excluding hydrogens is 808 g/mol. The van der Waals surface area contributed by atoms with Crippen LogP contribution in [0.1, 0.15) is 33.4 Å². The lowest BCUT2D eigenvalue weighted by Gasteiger charge is -2.04. The highest BCUT2D eigenvalue weighted by Gasteiger charge is 2.17. The highest BCUT2D eigenvalue weighted by molar-refractivity contribution is 6.00. The van der Waals surface area contributed by atoms with Gasteiger partial charge >= 0.3 is 11.8 Å². The molecule has 0 amide bonds. The molecular formula is C41H51Cl4N9O3. The van der Waals surface area contributed by atoms with Crippen LogP contribution in [0.3, 0.4) is 0 Å². The number of hydrogen-bond acceptors (Lipinski definition) is 4. The van der Waals surface area contributed by atoms with E-state index in [4.69, 9.17) is 47.7 Å². The van der Waals surface area contributed by atoms with Crippen molar-refractivity contribution in [1.29, 1.82) is 0 Å². The number of fused-ring (bicyclic) bond motifs is 2. The zero-order valence-corrected chi connectivity index (χ0v) is 35.0. The first-order valence-electron chi connectivity index (χ1n) is 16.4. The van der Waals surface area contributed by atoms with Crippen molar-refractivity contribution in [1.82, 2.24) is 16.1 Å². The van der Waals surface area contributed by atoms with Gasteiger partial charge in [0.15, 0.2) is 0 Å². The molecule has 0 fully saturated rings. The van der Waals surface area contributed by atoms with E-state index < -0.39 is 0 Å². The Hall–Kier alpha value is -5.60. The molecule has 2 heterocycles. The molecule has 2 aromatic heterocycles. The first kappa shape index (κ1) is 53.5. The number of aromatic nitrogens is 2. The zero-order valence-electron chi connectivity index (χ0n) is 32.0. The molecule has 0 aliphatic rings. The number of hydrogen-bond donors (Lipinski definition) is 10. The Morgan fingerprint density at radius 1 is 0.579 bits per heavy atom. The van der Waals surface area contributed by atoms with Crippen LogP contribution in [0.5, 0.6) is 0 Å². The van der Waals surface area contributed by atoms with E-state index in [0.717, 1.165) is 86.5 Å². The zero-order chi connectivity index (χ0) is 37.9. The number of aromatic amines is 2. The lowest BCUT2D eigenvalue weighted by Crippen LogP contribution is -3.00. The summed E-state index contributed by atoms with van der Waals surface area (Å²) >= 11 is 0. The van der Waals surface area contributed by atoms with Gasteiger partial charge in [-0.2, -0.15) is 0 Å². The summed E-state index contributed by atoms with van der Waals surface area (Å²) in [7, 11) is 4.12. The van der Waals surface area contributed by atoms with Gasteiger partial charge in [-0.3, -0.25) is 22.3 Å².